The first kappa shape index (κ1) is 10.3. The van der Waals surface area contributed by atoms with Gasteiger partial charge in [-0.15, -0.1) is 0 Å². The van der Waals surface area contributed by atoms with Gasteiger partial charge in [-0.05, 0) is 25.0 Å². The van der Waals surface area contributed by atoms with Gasteiger partial charge < -0.3 is 0 Å². The lowest BCUT2D eigenvalue weighted by Crippen LogP contribution is -2.35. The van der Waals surface area contributed by atoms with Crippen LogP contribution in [0.3, 0.4) is 0 Å². The van der Waals surface area contributed by atoms with Crippen LogP contribution in [0.2, 0.25) is 0 Å². The smallest absolute Gasteiger partial charge is 0.277 e. The highest BCUT2D eigenvalue weighted by atomic mass is 16.7. The quantitative estimate of drug-likeness (QED) is 0.813. The molecule has 2 heterocycles. The summed E-state index contributed by atoms with van der Waals surface area (Å²) in [5.74, 6) is -0.0822. The zero-order valence-electron chi connectivity index (χ0n) is 9.35. The monoisotopic (exact) mass is 231 g/mol. The minimum atomic E-state index is -0.0822. The molecule has 0 bridgehead atoms. The van der Waals surface area contributed by atoms with Crippen LogP contribution in [0.5, 0.6) is 0 Å². The molecule has 1 aliphatic heterocycles. The van der Waals surface area contributed by atoms with Crippen LogP contribution in [0.25, 0.3) is 10.9 Å². The van der Waals surface area contributed by atoms with E-state index in [4.69, 9.17) is 4.84 Å². The summed E-state index contributed by atoms with van der Waals surface area (Å²) in [6.07, 6.45) is 3.75. The van der Waals surface area contributed by atoms with Gasteiger partial charge in [-0.3, -0.25) is 14.7 Å². The Bertz CT molecular complexity index is 543. The van der Waals surface area contributed by atoms with Gasteiger partial charge in [0.05, 0.1) is 18.3 Å². The molecule has 1 saturated heterocycles. The van der Waals surface area contributed by atoms with Gasteiger partial charge >= 0.3 is 0 Å². The van der Waals surface area contributed by atoms with E-state index in [0.717, 1.165) is 23.7 Å². The molecule has 3 rings (SSSR count). The van der Waals surface area contributed by atoms with Gasteiger partial charge in [-0.25, -0.2) is 5.06 Å². The maximum atomic E-state index is 12.1. The van der Waals surface area contributed by atoms with Crippen LogP contribution in [0.15, 0.2) is 24.4 Å². The molecule has 0 saturated carbocycles. The topological polar surface area (TPSA) is 58.2 Å². The molecule has 0 aliphatic carbocycles. The molecule has 1 aromatic carbocycles. The van der Waals surface area contributed by atoms with Crippen LogP contribution >= 0.6 is 0 Å². The molecular formula is C12H13N3O2. The highest BCUT2D eigenvalue weighted by Crippen LogP contribution is 2.16. The molecule has 1 amide bonds. The fourth-order valence-corrected chi connectivity index (χ4v) is 1.97. The molecular weight excluding hydrogens is 218 g/mol. The number of aromatic nitrogens is 2. The fourth-order valence-electron chi connectivity index (χ4n) is 1.97. The number of carbonyl (C=O) groups excluding carboxylic acids is 1. The molecule has 5 nitrogen and oxygen atoms in total. The Morgan fingerprint density at radius 3 is 3.18 bits per heavy atom. The van der Waals surface area contributed by atoms with Crippen molar-refractivity contribution in [3.63, 3.8) is 0 Å². The number of fused-ring (bicyclic) bond motifs is 1. The Morgan fingerprint density at radius 1 is 1.41 bits per heavy atom. The second-order valence-electron chi connectivity index (χ2n) is 4.12. The van der Waals surface area contributed by atoms with E-state index < -0.39 is 0 Å². The van der Waals surface area contributed by atoms with E-state index in [1.807, 2.05) is 12.1 Å². The lowest BCUT2D eigenvalue weighted by Gasteiger charge is -2.25. The third-order valence-corrected chi connectivity index (χ3v) is 2.92. The number of hydrogen-bond acceptors (Lipinski definition) is 3. The number of amides is 1. The van der Waals surface area contributed by atoms with Crippen molar-refractivity contribution in [2.45, 2.75) is 12.8 Å². The molecule has 1 aromatic heterocycles. The van der Waals surface area contributed by atoms with Crippen LogP contribution in [-0.4, -0.2) is 34.3 Å². The number of nitrogens with zero attached hydrogens (tertiary/aromatic N) is 2. The van der Waals surface area contributed by atoms with Gasteiger partial charge in [0.2, 0.25) is 0 Å². The van der Waals surface area contributed by atoms with Crippen LogP contribution in [-0.2, 0) is 4.84 Å². The molecule has 0 unspecified atom stereocenters. The van der Waals surface area contributed by atoms with E-state index in [9.17, 15) is 4.79 Å². The van der Waals surface area contributed by atoms with E-state index in [2.05, 4.69) is 10.2 Å². The molecule has 0 atom stereocenters. The van der Waals surface area contributed by atoms with E-state index in [0.29, 0.717) is 18.7 Å². The standard InChI is InChI=1S/C12H13N3O2/c16-12(15-5-1-2-6-17-15)9-3-4-10-8-13-14-11(10)7-9/h3-4,7-8H,1-2,5-6H2,(H,13,14). The number of hydrogen-bond donors (Lipinski definition) is 1. The van der Waals surface area contributed by atoms with E-state index >= 15 is 0 Å². The molecule has 2 aromatic rings. The number of rotatable bonds is 1. The van der Waals surface area contributed by atoms with Crippen LogP contribution < -0.4 is 0 Å². The summed E-state index contributed by atoms with van der Waals surface area (Å²) < 4.78 is 0. The van der Waals surface area contributed by atoms with Gasteiger partial charge in [-0.2, -0.15) is 5.10 Å². The third-order valence-electron chi connectivity index (χ3n) is 2.92. The number of carbonyl (C=O) groups is 1. The SMILES string of the molecule is O=C(c1ccc2cn[nH]c2c1)N1CCCCO1. The predicted molar refractivity (Wildman–Crippen MR) is 62.3 cm³/mol. The van der Waals surface area contributed by atoms with Gasteiger partial charge in [0, 0.05) is 17.5 Å². The molecule has 1 fully saturated rings. The highest BCUT2D eigenvalue weighted by Gasteiger charge is 2.19. The molecule has 17 heavy (non-hydrogen) atoms. The Balaban J connectivity index is 1.88. The number of aromatic amines is 1. The summed E-state index contributed by atoms with van der Waals surface area (Å²) in [6, 6.07) is 5.50. The molecule has 5 heteroatoms. The summed E-state index contributed by atoms with van der Waals surface area (Å²) in [7, 11) is 0. The maximum absolute atomic E-state index is 12.1. The lowest BCUT2D eigenvalue weighted by atomic mass is 10.1. The Kier molecular flexibility index (Phi) is 2.53. The molecule has 1 aliphatic rings. The normalized spacial score (nSPS) is 16.4. The van der Waals surface area contributed by atoms with Gasteiger partial charge in [-0.1, -0.05) is 6.07 Å². The van der Waals surface area contributed by atoms with E-state index in [1.165, 1.54) is 5.06 Å². The van der Waals surface area contributed by atoms with E-state index in [-0.39, 0.29) is 5.91 Å². The number of H-pyrrole nitrogens is 1. The first-order valence-corrected chi connectivity index (χ1v) is 5.72. The lowest BCUT2D eigenvalue weighted by molar-refractivity contribution is -0.144. The van der Waals surface area contributed by atoms with Gasteiger partial charge in [0.1, 0.15) is 0 Å². The van der Waals surface area contributed by atoms with Crippen molar-refractivity contribution in [1.82, 2.24) is 15.3 Å². The van der Waals surface area contributed by atoms with Gasteiger partial charge in [0.15, 0.2) is 0 Å². The summed E-state index contributed by atoms with van der Waals surface area (Å²) in [5.41, 5.74) is 1.50. The number of nitrogens with one attached hydrogen (secondary N) is 1. The summed E-state index contributed by atoms with van der Waals surface area (Å²) in [5, 5.41) is 9.24. The Morgan fingerprint density at radius 2 is 2.35 bits per heavy atom. The minimum absolute atomic E-state index is 0.0822. The maximum Gasteiger partial charge on any atom is 0.277 e. The molecule has 0 radical (unpaired) electrons. The highest BCUT2D eigenvalue weighted by molar-refractivity contribution is 5.97. The minimum Gasteiger partial charge on any atom is -0.278 e. The van der Waals surface area contributed by atoms with Crippen molar-refractivity contribution in [1.29, 1.82) is 0 Å². The van der Waals surface area contributed by atoms with Crippen LogP contribution in [0, 0.1) is 0 Å². The van der Waals surface area contributed by atoms with Crippen molar-refractivity contribution in [3.05, 3.63) is 30.0 Å². The van der Waals surface area contributed by atoms with Gasteiger partial charge in [0.25, 0.3) is 5.91 Å². The molecule has 0 spiro atoms. The van der Waals surface area contributed by atoms with Crippen LogP contribution in [0.1, 0.15) is 23.2 Å². The average Bonchev–Trinajstić information content (AvgIpc) is 2.86. The van der Waals surface area contributed by atoms with Crippen molar-refractivity contribution in [2.24, 2.45) is 0 Å². The second kappa shape index (κ2) is 4.18. The predicted octanol–water partition coefficient (Wildman–Crippen LogP) is 1.73. The first-order valence-electron chi connectivity index (χ1n) is 5.72. The summed E-state index contributed by atoms with van der Waals surface area (Å²) >= 11 is 0. The number of benzene rings is 1. The van der Waals surface area contributed by atoms with E-state index in [1.54, 1.807) is 12.3 Å². The third kappa shape index (κ3) is 1.89. The Hall–Kier alpha value is -1.88. The summed E-state index contributed by atoms with van der Waals surface area (Å²) in [6.45, 7) is 1.29. The van der Waals surface area contributed by atoms with Crippen molar-refractivity contribution >= 4 is 16.8 Å². The second-order valence-corrected chi connectivity index (χ2v) is 4.12. The van der Waals surface area contributed by atoms with Crippen molar-refractivity contribution in [2.75, 3.05) is 13.2 Å². The zero-order chi connectivity index (χ0) is 11.7. The Labute approximate surface area is 98.3 Å². The average molecular weight is 231 g/mol. The van der Waals surface area contributed by atoms with Crippen molar-refractivity contribution < 1.29 is 9.63 Å². The number of hydroxylamine groups is 2. The molecule has 1 N–H and O–H groups in total. The molecule has 88 valence electrons. The fraction of sp³-hybridized carbons (Fsp3) is 0.333. The largest absolute Gasteiger partial charge is 0.278 e. The van der Waals surface area contributed by atoms with Crippen molar-refractivity contribution in [3.8, 4) is 0 Å². The van der Waals surface area contributed by atoms with Crippen LogP contribution in [0.4, 0.5) is 0 Å². The summed E-state index contributed by atoms with van der Waals surface area (Å²) in [4.78, 5) is 17.5. The first-order chi connectivity index (χ1) is 8.34. The zero-order valence-corrected chi connectivity index (χ0v) is 9.35.